The van der Waals surface area contributed by atoms with Crippen molar-refractivity contribution in [3.8, 4) is 0 Å². The molecular weight excluding hydrogens is 249 g/mol. The average molecular weight is 265 g/mol. The molecule has 0 aliphatic heterocycles. The molecule has 1 unspecified atom stereocenters. The summed E-state index contributed by atoms with van der Waals surface area (Å²) in [5, 5.41) is 5.37. The highest BCUT2D eigenvalue weighted by molar-refractivity contribution is 7.99. The Morgan fingerprint density at radius 3 is 2.61 bits per heavy atom. The van der Waals surface area contributed by atoms with Crippen LogP contribution in [0.2, 0.25) is 0 Å². The summed E-state index contributed by atoms with van der Waals surface area (Å²) in [4.78, 5) is 0. The van der Waals surface area contributed by atoms with Crippen molar-refractivity contribution in [3.05, 3.63) is 47.4 Å². The predicted molar refractivity (Wildman–Crippen MR) is 72.0 cm³/mol. The summed E-state index contributed by atoms with van der Waals surface area (Å²) in [6, 6.07) is 8.26. The van der Waals surface area contributed by atoms with Gasteiger partial charge in [0.1, 0.15) is 5.82 Å². The number of benzene rings is 1. The van der Waals surface area contributed by atoms with E-state index in [0.717, 1.165) is 22.0 Å². The molecule has 2 N–H and O–H groups in total. The normalized spacial score (nSPS) is 12.7. The summed E-state index contributed by atoms with van der Waals surface area (Å²) in [5.41, 5.74) is 8.02. The number of hydrogen-bond donors (Lipinski definition) is 1. The van der Waals surface area contributed by atoms with E-state index in [2.05, 4.69) is 5.10 Å². The molecule has 0 bridgehead atoms. The maximum absolute atomic E-state index is 12.8. The van der Waals surface area contributed by atoms with Gasteiger partial charge in [0.25, 0.3) is 0 Å². The standard InChI is InChI=1S/C13H16FN3S/c1-9-7-13(17(2)16-9)18-8-12(15)10-3-5-11(14)6-4-10/h3-7,12H,8,15H2,1-2H3. The second-order valence-electron chi connectivity index (χ2n) is 4.22. The van der Waals surface area contributed by atoms with Crippen LogP contribution in [-0.2, 0) is 7.05 Å². The first-order valence-corrected chi connectivity index (χ1v) is 6.69. The lowest BCUT2D eigenvalue weighted by Crippen LogP contribution is -2.13. The van der Waals surface area contributed by atoms with Crippen molar-refractivity contribution in [3.63, 3.8) is 0 Å². The van der Waals surface area contributed by atoms with E-state index >= 15 is 0 Å². The van der Waals surface area contributed by atoms with Crippen LogP contribution in [0.5, 0.6) is 0 Å². The molecule has 2 aromatic rings. The molecule has 18 heavy (non-hydrogen) atoms. The molecule has 5 heteroatoms. The van der Waals surface area contributed by atoms with Crippen LogP contribution in [0.1, 0.15) is 17.3 Å². The molecule has 2 rings (SSSR count). The first kappa shape index (κ1) is 13.1. The Morgan fingerprint density at radius 1 is 1.39 bits per heavy atom. The first-order chi connectivity index (χ1) is 8.56. The molecule has 1 heterocycles. The molecule has 1 aromatic heterocycles. The van der Waals surface area contributed by atoms with Crippen molar-refractivity contribution in [2.75, 3.05) is 5.75 Å². The van der Waals surface area contributed by atoms with E-state index < -0.39 is 0 Å². The zero-order valence-corrected chi connectivity index (χ0v) is 11.2. The van der Waals surface area contributed by atoms with Gasteiger partial charge in [-0.05, 0) is 30.7 Å². The molecule has 3 nitrogen and oxygen atoms in total. The van der Waals surface area contributed by atoms with Crippen molar-refractivity contribution in [2.45, 2.75) is 18.0 Å². The van der Waals surface area contributed by atoms with Crippen LogP contribution in [0.3, 0.4) is 0 Å². The molecule has 1 atom stereocenters. The van der Waals surface area contributed by atoms with E-state index in [1.165, 1.54) is 12.1 Å². The SMILES string of the molecule is Cc1cc(SCC(N)c2ccc(F)cc2)n(C)n1. The van der Waals surface area contributed by atoms with E-state index in [9.17, 15) is 4.39 Å². The van der Waals surface area contributed by atoms with Crippen molar-refractivity contribution < 1.29 is 4.39 Å². The second kappa shape index (κ2) is 5.54. The third kappa shape index (κ3) is 3.11. The summed E-state index contributed by atoms with van der Waals surface area (Å²) < 4.78 is 14.6. The van der Waals surface area contributed by atoms with Gasteiger partial charge in [0.15, 0.2) is 0 Å². The summed E-state index contributed by atoms with van der Waals surface area (Å²) in [6.45, 7) is 1.96. The quantitative estimate of drug-likeness (QED) is 0.864. The lowest BCUT2D eigenvalue weighted by molar-refractivity contribution is 0.626. The smallest absolute Gasteiger partial charge is 0.123 e. The zero-order chi connectivity index (χ0) is 13.1. The fourth-order valence-corrected chi connectivity index (χ4v) is 2.73. The summed E-state index contributed by atoms with van der Waals surface area (Å²) in [7, 11) is 1.92. The van der Waals surface area contributed by atoms with Crippen LogP contribution in [-0.4, -0.2) is 15.5 Å². The molecule has 0 aliphatic rings. The number of nitrogens with two attached hydrogens (primary N) is 1. The van der Waals surface area contributed by atoms with Crippen LogP contribution in [0.4, 0.5) is 4.39 Å². The maximum atomic E-state index is 12.8. The number of thioether (sulfide) groups is 1. The Balaban J connectivity index is 1.98. The predicted octanol–water partition coefficient (Wildman–Crippen LogP) is 2.66. The van der Waals surface area contributed by atoms with Crippen LogP contribution in [0.15, 0.2) is 35.4 Å². The number of rotatable bonds is 4. The Bertz CT molecular complexity index is 522. The van der Waals surface area contributed by atoms with Gasteiger partial charge in [-0.25, -0.2) is 4.39 Å². The van der Waals surface area contributed by atoms with Crippen LogP contribution in [0.25, 0.3) is 0 Å². The fraction of sp³-hybridized carbons (Fsp3) is 0.308. The third-order valence-corrected chi connectivity index (χ3v) is 3.87. The van der Waals surface area contributed by atoms with E-state index in [4.69, 9.17) is 5.73 Å². The van der Waals surface area contributed by atoms with Crippen LogP contribution >= 0.6 is 11.8 Å². The van der Waals surface area contributed by atoms with Gasteiger partial charge >= 0.3 is 0 Å². The molecule has 1 aromatic carbocycles. The topological polar surface area (TPSA) is 43.8 Å². The van der Waals surface area contributed by atoms with Gasteiger partial charge in [-0.3, -0.25) is 4.68 Å². The highest BCUT2D eigenvalue weighted by Gasteiger charge is 2.09. The molecular formula is C13H16FN3S. The lowest BCUT2D eigenvalue weighted by Gasteiger charge is -2.11. The molecule has 0 amide bonds. The van der Waals surface area contributed by atoms with Gasteiger partial charge in [0, 0.05) is 18.8 Å². The van der Waals surface area contributed by atoms with Gasteiger partial charge in [0.05, 0.1) is 10.7 Å². The Kier molecular flexibility index (Phi) is 4.04. The molecule has 0 fully saturated rings. The van der Waals surface area contributed by atoms with Crippen molar-refractivity contribution in [2.24, 2.45) is 12.8 Å². The number of aryl methyl sites for hydroxylation is 2. The number of halogens is 1. The second-order valence-corrected chi connectivity index (χ2v) is 5.26. The highest BCUT2D eigenvalue weighted by atomic mass is 32.2. The van der Waals surface area contributed by atoms with Crippen LogP contribution in [0, 0.1) is 12.7 Å². The van der Waals surface area contributed by atoms with Crippen LogP contribution < -0.4 is 5.73 Å². The highest BCUT2D eigenvalue weighted by Crippen LogP contribution is 2.23. The van der Waals surface area contributed by atoms with E-state index in [1.807, 2.05) is 24.7 Å². The van der Waals surface area contributed by atoms with Crippen molar-refractivity contribution in [1.29, 1.82) is 0 Å². The number of hydrogen-bond acceptors (Lipinski definition) is 3. The van der Waals surface area contributed by atoms with Gasteiger partial charge in [-0.2, -0.15) is 5.10 Å². The van der Waals surface area contributed by atoms with Crippen molar-refractivity contribution in [1.82, 2.24) is 9.78 Å². The summed E-state index contributed by atoms with van der Waals surface area (Å²) in [6.07, 6.45) is 0. The van der Waals surface area contributed by atoms with E-state index in [-0.39, 0.29) is 11.9 Å². The minimum atomic E-state index is -0.235. The van der Waals surface area contributed by atoms with E-state index in [1.54, 1.807) is 23.9 Å². The minimum absolute atomic E-state index is 0.106. The Hall–Kier alpha value is -1.33. The third-order valence-electron chi connectivity index (χ3n) is 2.67. The van der Waals surface area contributed by atoms with Crippen molar-refractivity contribution >= 4 is 11.8 Å². The van der Waals surface area contributed by atoms with Gasteiger partial charge in [0.2, 0.25) is 0 Å². The zero-order valence-electron chi connectivity index (χ0n) is 10.4. The Morgan fingerprint density at radius 2 is 2.06 bits per heavy atom. The number of nitrogens with zero attached hydrogens (tertiary/aromatic N) is 2. The summed E-state index contributed by atoms with van der Waals surface area (Å²) in [5.74, 6) is 0.505. The number of aromatic nitrogens is 2. The van der Waals surface area contributed by atoms with Gasteiger partial charge in [-0.1, -0.05) is 12.1 Å². The maximum Gasteiger partial charge on any atom is 0.123 e. The summed E-state index contributed by atoms with van der Waals surface area (Å²) >= 11 is 1.66. The first-order valence-electron chi connectivity index (χ1n) is 5.71. The fourth-order valence-electron chi connectivity index (χ4n) is 1.70. The van der Waals surface area contributed by atoms with Gasteiger partial charge in [-0.15, -0.1) is 11.8 Å². The lowest BCUT2D eigenvalue weighted by atomic mass is 10.1. The largest absolute Gasteiger partial charge is 0.323 e. The molecule has 0 spiro atoms. The molecule has 0 radical (unpaired) electrons. The minimum Gasteiger partial charge on any atom is -0.323 e. The molecule has 0 saturated heterocycles. The monoisotopic (exact) mass is 265 g/mol. The van der Waals surface area contributed by atoms with Gasteiger partial charge < -0.3 is 5.73 Å². The Labute approximate surface area is 110 Å². The molecule has 0 saturated carbocycles. The van der Waals surface area contributed by atoms with E-state index in [0.29, 0.717) is 0 Å². The molecule has 96 valence electrons. The molecule has 0 aliphatic carbocycles. The average Bonchev–Trinajstić information content (AvgIpc) is 2.66.